The summed E-state index contributed by atoms with van der Waals surface area (Å²) in [6.45, 7) is 0. The highest BCUT2D eigenvalue weighted by atomic mass is 35.5. The van der Waals surface area contributed by atoms with Gasteiger partial charge in [-0.15, -0.1) is 24.8 Å². The number of aromatic nitrogens is 2. The maximum atomic E-state index is 13.1. The number of imidazole rings is 1. The second-order valence-corrected chi connectivity index (χ2v) is 7.31. The highest BCUT2D eigenvalue weighted by Gasteiger charge is 2.40. The number of fused-ring (bicyclic) bond motifs is 2. The minimum absolute atomic E-state index is 0. The predicted octanol–water partition coefficient (Wildman–Crippen LogP) is 3.49. The lowest BCUT2D eigenvalue weighted by atomic mass is 9.67. The Labute approximate surface area is 170 Å². The van der Waals surface area contributed by atoms with Crippen LogP contribution in [0.2, 0.25) is 0 Å². The molecule has 2 bridgehead atoms. The third kappa shape index (κ3) is 4.45. The van der Waals surface area contributed by atoms with Crippen molar-refractivity contribution in [1.82, 2.24) is 14.9 Å². The van der Waals surface area contributed by atoms with Crippen molar-refractivity contribution < 1.29 is 9.18 Å². The van der Waals surface area contributed by atoms with Crippen LogP contribution in [0.1, 0.15) is 42.6 Å². The molecule has 2 aromatic rings. The number of nitrogens with zero attached hydrogens (tertiary/aromatic N) is 2. The number of benzene rings is 1. The molecule has 4 rings (SSSR count). The molecule has 1 aromatic heterocycles. The fourth-order valence-electron chi connectivity index (χ4n) is 4.52. The van der Waals surface area contributed by atoms with Gasteiger partial charge in [0.1, 0.15) is 11.5 Å². The van der Waals surface area contributed by atoms with Crippen LogP contribution in [-0.2, 0) is 0 Å². The van der Waals surface area contributed by atoms with E-state index in [4.69, 9.17) is 5.73 Å². The first kappa shape index (κ1) is 21.7. The molecule has 1 amide bonds. The number of nitrogens with one attached hydrogen (secondary N) is 1. The molecule has 5 nitrogen and oxygen atoms in total. The van der Waals surface area contributed by atoms with E-state index in [0.29, 0.717) is 17.5 Å². The maximum Gasteiger partial charge on any atom is 0.270 e. The summed E-state index contributed by atoms with van der Waals surface area (Å²) in [6, 6.07) is 6.49. The van der Waals surface area contributed by atoms with Gasteiger partial charge in [-0.25, -0.2) is 9.37 Å². The number of amides is 1. The van der Waals surface area contributed by atoms with E-state index < -0.39 is 0 Å². The van der Waals surface area contributed by atoms with Gasteiger partial charge in [-0.3, -0.25) is 9.36 Å². The van der Waals surface area contributed by atoms with Crippen molar-refractivity contribution in [2.75, 3.05) is 0 Å². The molecule has 0 saturated heterocycles. The largest absolute Gasteiger partial charge is 0.347 e. The Bertz CT molecular complexity index is 753. The summed E-state index contributed by atoms with van der Waals surface area (Å²) in [4.78, 5) is 17.0. The van der Waals surface area contributed by atoms with Gasteiger partial charge in [-0.05, 0) is 61.8 Å². The van der Waals surface area contributed by atoms with Crippen molar-refractivity contribution in [3.05, 3.63) is 48.3 Å². The summed E-state index contributed by atoms with van der Waals surface area (Å²) >= 11 is 0. The molecule has 2 fully saturated rings. The van der Waals surface area contributed by atoms with Gasteiger partial charge < -0.3 is 11.1 Å². The quantitative estimate of drug-likeness (QED) is 0.806. The molecule has 0 radical (unpaired) electrons. The molecule has 2 aliphatic carbocycles. The molecule has 1 aromatic carbocycles. The Morgan fingerprint density at radius 3 is 2.41 bits per heavy atom. The van der Waals surface area contributed by atoms with E-state index in [9.17, 15) is 9.18 Å². The van der Waals surface area contributed by atoms with Crippen LogP contribution in [0, 0.1) is 17.7 Å². The van der Waals surface area contributed by atoms with E-state index in [0.717, 1.165) is 31.4 Å². The molecule has 0 aliphatic heterocycles. The number of carbonyl (C=O) groups is 1. The molecule has 3 N–H and O–H groups in total. The minimum Gasteiger partial charge on any atom is -0.347 e. The van der Waals surface area contributed by atoms with Gasteiger partial charge in [0, 0.05) is 17.8 Å². The van der Waals surface area contributed by atoms with Crippen LogP contribution in [0.25, 0.3) is 5.69 Å². The van der Waals surface area contributed by atoms with E-state index in [1.54, 1.807) is 29.2 Å². The fourth-order valence-corrected chi connectivity index (χ4v) is 4.52. The Morgan fingerprint density at radius 1 is 1.15 bits per heavy atom. The molecule has 0 spiro atoms. The molecule has 2 aliphatic rings. The number of halogens is 3. The van der Waals surface area contributed by atoms with Gasteiger partial charge in [0.25, 0.3) is 5.91 Å². The molecular formula is C19H25Cl2FN4O. The van der Waals surface area contributed by atoms with Crippen LogP contribution >= 0.6 is 24.8 Å². The molecule has 27 heavy (non-hydrogen) atoms. The summed E-state index contributed by atoms with van der Waals surface area (Å²) in [7, 11) is 0. The normalized spacial score (nSPS) is 26.4. The number of hydrogen-bond acceptors (Lipinski definition) is 3. The van der Waals surface area contributed by atoms with Crippen molar-refractivity contribution in [3.8, 4) is 5.69 Å². The standard InChI is InChI=1S/C19H23FN4O.2ClH/c20-14-4-6-16(7-5-14)24-11-22-10-17(24)19(25)23-18-12-2-1-3-13(18)9-15(21)8-12;;/h4-7,10-13,15,18H,1-3,8-9,21H2,(H,23,25);2*1H. The third-order valence-corrected chi connectivity index (χ3v) is 5.65. The van der Waals surface area contributed by atoms with Crippen LogP contribution in [0.5, 0.6) is 0 Å². The zero-order valence-corrected chi connectivity index (χ0v) is 16.5. The van der Waals surface area contributed by atoms with Crippen molar-refractivity contribution in [2.24, 2.45) is 17.6 Å². The lowest BCUT2D eigenvalue weighted by Crippen LogP contribution is -2.53. The number of hydrogen-bond donors (Lipinski definition) is 2. The molecule has 1 heterocycles. The number of nitrogens with two attached hydrogens (primary N) is 1. The molecule has 2 unspecified atom stereocenters. The van der Waals surface area contributed by atoms with Crippen LogP contribution in [0.15, 0.2) is 36.8 Å². The SMILES string of the molecule is Cl.Cl.NC1CC2CCCC(C1)C2NC(=O)c1cncn1-c1ccc(F)cc1. The lowest BCUT2D eigenvalue weighted by molar-refractivity contribution is 0.0750. The maximum absolute atomic E-state index is 13.1. The third-order valence-electron chi connectivity index (χ3n) is 5.65. The lowest BCUT2D eigenvalue weighted by Gasteiger charge is -2.45. The molecule has 148 valence electrons. The van der Waals surface area contributed by atoms with E-state index >= 15 is 0 Å². The van der Waals surface area contributed by atoms with Crippen molar-refractivity contribution in [3.63, 3.8) is 0 Å². The highest BCUT2D eigenvalue weighted by Crippen LogP contribution is 2.39. The van der Waals surface area contributed by atoms with Crippen LogP contribution in [-0.4, -0.2) is 27.5 Å². The van der Waals surface area contributed by atoms with Gasteiger partial charge in [-0.2, -0.15) is 0 Å². The van der Waals surface area contributed by atoms with Gasteiger partial charge in [0.05, 0.1) is 12.5 Å². The number of carbonyl (C=O) groups excluding carboxylic acids is 1. The van der Waals surface area contributed by atoms with Gasteiger partial charge >= 0.3 is 0 Å². The minimum atomic E-state index is -0.304. The smallest absolute Gasteiger partial charge is 0.270 e. The summed E-state index contributed by atoms with van der Waals surface area (Å²) in [5.74, 6) is 0.503. The van der Waals surface area contributed by atoms with Crippen LogP contribution in [0.3, 0.4) is 0 Å². The average Bonchev–Trinajstić information content (AvgIpc) is 3.06. The summed E-state index contributed by atoms with van der Waals surface area (Å²) < 4.78 is 14.8. The van der Waals surface area contributed by atoms with Gasteiger partial charge in [0.2, 0.25) is 0 Å². The van der Waals surface area contributed by atoms with E-state index in [1.807, 2.05) is 0 Å². The Morgan fingerprint density at radius 2 is 1.78 bits per heavy atom. The van der Waals surface area contributed by atoms with E-state index in [1.165, 1.54) is 18.6 Å². The topological polar surface area (TPSA) is 72.9 Å². The van der Waals surface area contributed by atoms with Crippen molar-refractivity contribution >= 4 is 30.7 Å². The summed E-state index contributed by atoms with van der Waals surface area (Å²) in [6.07, 6.45) is 8.60. The monoisotopic (exact) mass is 414 g/mol. The first-order valence-corrected chi connectivity index (χ1v) is 8.96. The summed E-state index contributed by atoms with van der Waals surface area (Å²) in [5.41, 5.74) is 7.36. The first-order chi connectivity index (χ1) is 12.1. The Balaban J connectivity index is 0.00000131. The van der Waals surface area contributed by atoms with Crippen molar-refractivity contribution in [1.29, 1.82) is 0 Å². The first-order valence-electron chi connectivity index (χ1n) is 8.96. The Hall–Kier alpha value is -1.63. The molecule has 2 saturated carbocycles. The van der Waals surface area contributed by atoms with Gasteiger partial charge in [0.15, 0.2) is 0 Å². The zero-order chi connectivity index (χ0) is 17.4. The average molecular weight is 415 g/mol. The van der Waals surface area contributed by atoms with Crippen LogP contribution in [0.4, 0.5) is 4.39 Å². The number of rotatable bonds is 3. The van der Waals surface area contributed by atoms with Crippen LogP contribution < -0.4 is 11.1 Å². The van der Waals surface area contributed by atoms with E-state index in [-0.39, 0.29) is 48.6 Å². The molecule has 8 heteroatoms. The van der Waals surface area contributed by atoms with Crippen molar-refractivity contribution in [2.45, 2.75) is 44.2 Å². The zero-order valence-electron chi connectivity index (χ0n) is 14.9. The molecule has 2 atom stereocenters. The molecular weight excluding hydrogens is 390 g/mol. The second-order valence-electron chi connectivity index (χ2n) is 7.31. The van der Waals surface area contributed by atoms with Gasteiger partial charge in [-0.1, -0.05) is 6.42 Å². The predicted molar refractivity (Wildman–Crippen MR) is 107 cm³/mol. The highest BCUT2D eigenvalue weighted by molar-refractivity contribution is 5.93. The Kier molecular flexibility index (Phi) is 7.25. The van der Waals surface area contributed by atoms with E-state index in [2.05, 4.69) is 10.3 Å². The fraction of sp³-hybridized carbons (Fsp3) is 0.474. The second kappa shape index (κ2) is 9.04. The summed E-state index contributed by atoms with van der Waals surface area (Å²) in [5, 5.41) is 3.24.